The molecule has 0 unspecified atom stereocenters. The molecule has 1 aromatic carbocycles. The second kappa shape index (κ2) is 8.18. The van der Waals surface area contributed by atoms with Crippen LogP contribution in [0.25, 0.3) is 0 Å². The van der Waals surface area contributed by atoms with Crippen LogP contribution in [-0.2, 0) is 9.59 Å². The summed E-state index contributed by atoms with van der Waals surface area (Å²) in [6, 6.07) is 4.08. The minimum absolute atomic E-state index is 0.0158. The Kier molecular flexibility index (Phi) is 6.23. The van der Waals surface area contributed by atoms with Crippen LogP contribution in [-0.4, -0.2) is 54.4 Å². The SMILES string of the molecule is CCCC(=O)N1CCN(C(=O)COc2c(C)ccc(C)c2C)CC1. The first-order valence-electron chi connectivity index (χ1n) is 8.69. The van der Waals surface area contributed by atoms with Gasteiger partial charge in [0.05, 0.1) is 0 Å². The molecule has 24 heavy (non-hydrogen) atoms. The molecule has 132 valence electrons. The van der Waals surface area contributed by atoms with E-state index in [4.69, 9.17) is 4.74 Å². The van der Waals surface area contributed by atoms with Gasteiger partial charge in [0.25, 0.3) is 5.91 Å². The lowest BCUT2D eigenvalue weighted by molar-refractivity contribution is -0.140. The molecule has 2 amide bonds. The van der Waals surface area contributed by atoms with Crippen molar-refractivity contribution in [3.8, 4) is 5.75 Å². The summed E-state index contributed by atoms with van der Waals surface area (Å²) < 4.78 is 5.80. The third-order valence-electron chi connectivity index (χ3n) is 4.66. The number of aryl methyl sites for hydroxylation is 2. The summed E-state index contributed by atoms with van der Waals surface area (Å²) in [5.41, 5.74) is 3.28. The van der Waals surface area contributed by atoms with Crippen LogP contribution in [0.3, 0.4) is 0 Å². The predicted octanol–water partition coefficient (Wildman–Crippen LogP) is 2.46. The predicted molar refractivity (Wildman–Crippen MR) is 94.2 cm³/mol. The minimum atomic E-state index is -0.0158. The second-order valence-electron chi connectivity index (χ2n) is 6.45. The summed E-state index contributed by atoms with van der Waals surface area (Å²) >= 11 is 0. The monoisotopic (exact) mass is 332 g/mol. The summed E-state index contributed by atoms with van der Waals surface area (Å²) in [6.45, 7) is 10.5. The number of nitrogens with zero attached hydrogens (tertiary/aromatic N) is 2. The van der Waals surface area contributed by atoms with Gasteiger partial charge in [-0.2, -0.15) is 0 Å². The zero-order valence-corrected chi connectivity index (χ0v) is 15.2. The number of amides is 2. The quantitative estimate of drug-likeness (QED) is 0.832. The molecule has 0 bridgehead atoms. The fourth-order valence-corrected chi connectivity index (χ4v) is 2.95. The standard InChI is InChI=1S/C19H28N2O3/c1-5-6-17(22)20-9-11-21(12-10-20)18(23)13-24-19-15(3)8-7-14(2)16(19)4/h7-8H,5-6,9-13H2,1-4H3. The van der Waals surface area contributed by atoms with Crippen molar-refractivity contribution in [3.63, 3.8) is 0 Å². The van der Waals surface area contributed by atoms with Crippen molar-refractivity contribution in [2.24, 2.45) is 0 Å². The van der Waals surface area contributed by atoms with E-state index in [2.05, 4.69) is 6.07 Å². The molecule has 2 rings (SSSR count). The molecule has 0 N–H and O–H groups in total. The number of carbonyl (C=O) groups excluding carboxylic acids is 2. The van der Waals surface area contributed by atoms with Crippen LogP contribution in [0, 0.1) is 20.8 Å². The number of benzene rings is 1. The van der Waals surface area contributed by atoms with Gasteiger partial charge in [-0.05, 0) is 43.9 Å². The van der Waals surface area contributed by atoms with Crippen molar-refractivity contribution in [2.45, 2.75) is 40.5 Å². The summed E-state index contributed by atoms with van der Waals surface area (Å²) in [4.78, 5) is 27.9. The molecular formula is C19H28N2O3. The maximum Gasteiger partial charge on any atom is 0.260 e. The van der Waals surface area contributed by atoms with E-state index in [1.54, 1.807) is 4.90 Å². The van der Waals surface area contributed by atoms with Gasteiger partial charge in [0.1, 0.15) is 5.75 Å². The van der Waals surface area contributed by atoms with E-state index in [0.717, 1.165) is 28.9 Å². The van der Waals surface area contributed by atoms with Crippen LogP contribution in [0.4, 0.5) is 0 Å². The molecule has 1 heterocycles. The van der Waals surface area contributed by atoms with Gasteiger partial charge in [-0.25, -0.2) is 0 Å². The van der Waals surface area contributed by atoms with Crippen molar-refractivity contribution in [1.82, 2.24) is 9.80 Å². The highest BCUT2D eigenvalue weighted by atomic mass is 16.5. The fraction of sp³-hybridized carbons (Fsp3) is 0.579. The van der Waals surface area contributed by atoms with E-state index in [1.807, 2.05) is 38.7 Å². The Balaban J connectivity index is 1.87. The van der Waals surface area contributed by atoms with E-state index in [1.165, 1.54) is 0 Å². The first-order valence-corrected chi connectivity index (χ1v) is 8.69. The molecule has 5 heteroatoms. The zero-order chi connectivity index (χ0) is 17.7. The van der Waals surface area contributed by atoms with Gasteiger partial charge < -0.3 is 14.5 Å². The van der Waals surface area contributed by atoms with Gasteiger partial charge in [-0.1, -0.05) is 19.1 Å². The minimum Gasteiger partial charge on any atom is -0.483 e. The molecule has 1 fully saturated rings. The fourth-order valence-electron chi connectivity index (χ4n) is 2.95. The van der Waals surface area contributed by atoms with Crippen molar-refractivity contribution < 1.29 is 14.3 Å². The lowest BCUT2D eigenvalue weighted by Gasteiger charge is -2.34. The van der Waals surface area contributed by atoms with E-state index in [9.17, 15) is 9.59 Å². The summed E-state index contributed by atoms with van der Waals surface area (Å²) in [5, 5.41) is 0. The lowest BCUT2D eigenvalue weighted by atomic mass is 10.1. The van der Waals surface area contributed by atoms with Crippen molar-refractivity contribution in [1.29, 1.82) is 0 Å². The average Bonchev–Trinajstić information content (AvgIpc) is 2.58. The molecule has 0 aromatic heterocycles. The number of ether oxygens (including phenoxy) is 1. The largest absolute Gasteiger partial charge is 0.483 e. The van der Waals surface area contributed by atoms with Crippen molar-refractivity contribution >= 4 is 11.8 Å². The summed E-state index contributed by atoms with van der Waals surface area (Å²) in [7, 11) is 0. The van der Waals surface area contributed by atoms with E-state index in [0.29, 0.717) is 32.6 Å². The number of hydrogen-bond donors (Lipinski definition) is 0. The first-order chi connectivity index (χ1) is 11.4. The molecule has 1 saturated heterocycles. The van der Waals surface area contributed by atoms with E-state index in [-0.39, 0.29) is 18.4 Å². The number of carbonyl (C=O) groups is 2. The summed E-state index contributed by atoms with van der Waals surface area (Å²) in [5.74, 6) is 0.977. The molecule has 0 aliphatic carbocycles. The molecule has 0 spiro atoms. The highest BCUT2D eigenvalue weighted by Gasteiger charge is 2.24. The molecule has 1 aromatic rings. The maximum absolute atomic E-state index is 12.4. The zero-order valence-electron chi connectivity index (χ0n) is 15.2. The molecule has 5 nitrogen and oxygen atoms in total. The Morgan fingerprint density at radius 2 is 1.50 bits per heavy atom. The smallest absolute Gasteiger partial charge is 0.260 e. The van der Waals surface area contributed by atoms with Gasteiger partial charge in [-0.3, -0.25) is 9.59 Å². The van der Waals surface area contributed by atoms with Gasteiger partial charge in [0.15, 0.2) is 6.61 Å². The Bertz CT molecular complexity index is 605. The van der Waals surface area contributed by atoms with Gasteiger partial charge in [0, 0.05) is 32.6 Å². The molecule has 1 aliphatic heterocycles. The number of hydrogen-bond acceptors (Lipinski definition) is 3. The van der Waals surface area contributed by atoms with Crippen LogP contribution in [0.15, 0.2) is 12.1 Å². The Morgan fingerprint density at radius 3 is 2.08 bits per heavy atom. The number of rotatable bonds is 5. The van der Waals surface area contributed by atoms with Gasteiger partial charge in [0.2, 0.25) is 5.91 Å². The van der Waals surface area contributed by atoms with Crippen molar-refractivity contribution in [2.75, 3.05) is 32.8 Å². The third kappa shape index (κ3) is 4.28. The third-order valence-corrected chi connectivity index (χ3v) is 4.66. The topological polar surface area (TPSA) is 49.9 Å². The van der Waals surface area contributed by atoms with Crippen LogP contribution in [0.5, 0.6) is 5.75 Å². The van der Waals surface area contributed by atoms with Crippen LogP contribution >= 0.6 is 0 Å². The number of piperazine rings is 1. The molecule has 0 radical (unpaired) electrons. The average molecular weight is 332 g/mol. The van der Waals surface area contributed by atoms with Crippen LogP contribution < -0.4 is 4.74 Å². The van der Waals surface area contributed by atoms with E-state index >= 15 is 0 Å². The first kappa shape index (κ1) is 18.3. The van der Waals surface area contributed by atoms with Crippen molar-refractivity contribution in [3.05, 3.63) is 28.8 Å². The van der Waals surface area contributed by atoms with E-state index < -0.39 is 0 Å². The highest BCUT2D eigenvalue weighted by molar-refractivity contribution is 5.79. The maximum atomic E-state index is 12.4. The molecule has 1 aliphatic rings. The Labute approximate surface area is 144 Å². The van der Waals surface area contributed by atoms with Crippen LogP contribution in [0.2, 0.25) is 0 Å². The summed E-state index contributed by atoms with van der Waals surface area (Å²) in [6.07, 6.45) is 1.45. The van der Waals surface area contributed by atoms with Gasteiger partial charge in [-0.15, -0.1) is 0 Å². The Hall–Kier alpha value is -2.04. The van der Waals surface area contributed by atoms with Crippen LogP contribution in [0.1, 0.15) is 36.5 Å². The second-order valence-corrected chi connectivity index (χ2v) is 6.45. The lowest BCUT2D eigenvalue weighted by Crippen LogP contribution is -2.51. The van der Waals surface area contributed by atoms with Gasteiger partial charge >= 0.3 is 0 Å². The molecular weight excluding hydrogens is 304 g/mol. The normalized spacial score (nSPS) is 14.7. The Morgan fingerprint density at radius 1 is 0.958 bits per heavy atom. The highest BCUT2D eigenvalue weighted by Crippen LogP contribution is 2.25. The molecule has 0 saturated carbocycles. The molecule has 0 atom stereocenters.